The van der Waals surface area contributed by atoms with Gasteiger partial charge in [-0.25, -0.2) is 4.90 Å². The van der Waals surface area contributed by atoms with Crippen molar-refractivity contribution in [3.05, 3.63) is 44.9 Å². The van der Waals surface area contributed by atoms with Crippen molar-refractivity contribution in [1.82, 2.24) is 0 Å². The van der Waals surface area contributed by atoms with Crippen LogP contribution in [0.2, 0.25) is 0 Å². The van der Waals surface area contributed by atoms with Crippen LogP contribution in [0.4, 0.5) is 11.4 Å². The molecule has 112 valence electrons. The van der Waals surface area contributed by atoms with Crippen LogP contribution in [-0.2, 0) is 9.59 Å². The van der Waals surface area contributed by atoms with E-state index in [4.69, 9.17) is 0 Å². The molecule has 7 heteroatoms. The van der Waals surface area contributed by atoms with Crippen LogP contribution in [0.3, 0.4) is 0 Å². The number of nitro groups is 1. The molecular weight excluding hydrogens is 352 g/mol. The van der Waals surface area contributed by atoms with E-state index >= 15 is 0 Å². The van der Waals surface area contributed by atoms with Crippen molar-refractivity contribution >= 4 is 39.1 Å². The van der Waals surface area contributed by atoms with E-state index < -0.39 is 4.92 Å². The number of benzene rings is 1. The highest BCUT2D eigenvalue weighted by atomic mass is 79.9. The summed E-state index contributed by atoms with van der Waals surface area (Å²) in [6.45, 7) is 0. The Morgan fingerprint density at radius 2 is 1.73 bits per heavy atom. The van der Waals surface area contributed by atoms with Gasteiger partial charge in [-0.2, -0.15) is 0 Å². The maximum Gasteiger partial charge on any atom is 0.270 e. The van der Waals surface area contributed by atoms with Crippen LogP contribution in [-0.4, -0.2) is 16.7 Å². The fourth-order valence-electron chi connectivity index (χ4n) is 3.93. The number of allylic oxidation sites excluding steroid dienone is 2. The zero-order valence-corrected chi connectivity index (χ0v) is 12.9. The third kappa shape index (κ3) is 1.65. The van der Waals surface area contributed by atoms with Gasteiger partial charge >= 0.3 is 0 Å². The largest absolute Gasteiger partial charge is 0.274 e. The first-order valence-corrected chi connectivity index (χ1v) is 7.78. The van der Waals surface area contributed by atoms with Crippen LogP contribution in [0.25, 0.3) is 0 Å². The van der Waals surface area contributed by atoms with E-state index in [9.17, 15) is 19.7 Å². The van der Waals surface area contributed by atoms with Crippen LogP contribution < -0.4 is 4.90 Å². The zero-order chi connectivity index (χ0) is 15.6. The molecule has 3 aliphatic rings. The molecule has 2 fully saturated rings. The number of anilines is 1. The summed E-state index contributed by atoms with van der Waals surface area (Å²) in [7, 11) is 0. The van der Waals surface area contributed by atoms with Gasteiger partial charge < -0.3 is 0 Å². The molecule has 1 heterocycles. The number of amides is 2. The van der Waals surface area contributed by atoms with Gasteiger partial charge in [-0.15, -0.1) is 0 Å². The predicted octanol–water partition coefficient (Wildman–Crippen LogP) is 2.67. The number of halogens is 1. The highest BCUT2D eigenvalue weighted by Crippen LogP contribution is 2.53. The summed E-state index contributed by atoms with van der Waals surface area (Å²) >= 11 is 3.24. The summed E-state index contributed by atoms with van der Waals surface area (Å²) < 4.78 is 0.378. The van der Waals surface area contributed by atoms with Gasteiger partial charge in [0.15, 0.2) is 0 Å². The van der Waals surface area contributed by atoms with Gasteiger partial charge in [0.05, 0.1) is 22.4 Å². The van der Waals surface area contributed by atoms with E-state index in [0.717, 1.165) is 6.42 Å². The maximum atomic E-state index is 12.7. The Kier molecular flexibility index (Phi) is 2.78. The molecule has 0 spiro atoms. The molecule has 1 saturated heterocycles. The van der Waals surface area contributed by atoms with Crippen molar-refractivity contribution in [2.45, 2.75) is 6.42 Å². The topological polar surface area (TPSA) is 80.5 Å². The number of carbonyl (C=O) groups is 2. The first kappa shape index (κ1) is 13.6. The lowest BCUT2D eigenvalue weighted by atomic mass is 9.85. The van der Waals surface area contributed by atoms with Crippen molar-refractivity contribution in [2.75, 3.05) is 4.90 Å². The number of hydrogen-bond acceptors (Lipinski definition) is 4. The summed E-state index contributed by atoms with van der Waals surface area (Å²) in [6, 6.07) is 4.08. The molecule has 4 unspecified atom stereocenters. The third-order valence-corrected chi connectivity index (χ3v) is 5.49. The number of hydrogen-bond donors (Lipinski definition) is 0. The second kappa shape index (κ2) is 4.49. The number of nitrogens with zero attached hydrogens (tertiary/aromatic N) is 2. The van der Waals surface area contributed by atoms with Gasteiger partial charge in [0, 0.05) is 16.6 Å². The number of rotatable bonds is 2. The number of fused-ring (bicyclic) bond motifs is 5. The molecule has 0 aromatic heterocycles. The summed E-state index contributed by atoms with van der Waals surface area (Å²) in [5.74, 6) is -0.640. The van der Waals surface area contributed by atoms with Crippen molar-refractivity contribution in [1.29, 1.82) is 0 Å². The minimum Gasteiger partial charge on any atom is -0.274 e. The Morgan fingerprint density at radius 3 is 2.23 bits per heavy atom. The molecule has 2 aliphatic carbocycles. The fourth-order valence-corrected chi connectivity index (χ4v) is 4.47. The highest BCUT2D eigenvalue weighted by molar-refractivity contribution is 9.10. The summed E-state index contributed by atoms with van der Waals surface area (Å²) in [6.07, 6.45) is 4.94. The number of carbonyl (C=O) groups excluding carboxylic acids is 2. The molecule has 0 radical (unpaired) electrons. The standard InChI is InChI=1S/C15H11BrN2O4/c16-10-6-9(18(21)22)3-4-11(10)17-14(19)12-7-1-2-8(5-7)13(12)15(17)20/h1-4,6-8,12-13H,5H2. The lowest BCUT2D eigenvalue weighted by Gasteiger charge is -2.18. The normalized spacial score (nSPS) is 32.0. The summed E-state index contributed by atoms with van der Waals surface area (Å²) in [5.41, 5.74) is 0.297. The Hall–Kier alpha value is -2.02. The summed E-state index contributed by atoms with van der Waals surface area (Å²) in [4.78, 5) is 36.8. The van der Waals surface area contributed by atoms with E-state index in [-0.39, 0.29) is 41.2 Å². The van der Waals surface area contributed by atoms with E-state index in [0.29, 0.717) is 10.2 Å². The molecule has 1 aromatic rings. The predicted molar refractivity (Wildman–Crippen MR) is 81.0 cm³/mol. The molecule has 22 heavy (non-hydrogen) atoms. The lowest BCUT2D eigenvalue weighted by molar-refractivity contribution is -0.384. The van der Waals surface area contributed by atoms with Crippen molar-refractivity contribution < 1.29 is 14.5 Å². The van der Waals surface area contributed by atoms with Gasteiger partial charge in [-0.1, -0.05) is 12.2 Å². The number of nitro benzene ring substituents is 1. The van der Waals surface area contributed by atoms with Crippen LogP contribution in [0.15, 0.2) is 34.8 Å². The molecule has 2 amide bonds. The van der Waals surface area contributed by atoms with E-state index in [1.165, 1.54) is 23.1 Å². The van der Waals surface area contributed by atoms with Gasteiger partial charge in [0.2, 0.25) is 11.8 Å². The first-order chi connectivity index (χ1) is 10.5. The minimum atomic E-state index is -0.513. The molecule has 1 saturated carbocycles. The minimum absolute atomic E-state index is 0.0864. The Labute approximate surface area is 134 Å². The average molecular weight is 363 g/mol. The smallest absolute Gasteiger partial charge is 0.270 e. The average Bonchev–Trinajstić information content (AvgIpc) is 3.14. The zero-order valence-electron chi connectivity index (χ0n) is 11.3. The summed E-state index contributed by atoms with van der Waals surface area (Å²) in [5, 5.41) is 10.8. The van der Waals surface area contributed by atoms with Gasteiger partial charge in [-0.05, 0) is 40.3 Å². The van der Waals surface area contributed by atoms with E-state index in [1.807, 2.05) is 12.2 Å². The van der Waals surface area contributed by atoms with Crippen LogP contribution in [0.5, 0.6) is 0 Å². The van der Waals surface area contributed by atoms with Crippen molar-refractivity contribution in [2.24, 2.45) is 23.7 Å². The Morgan fingerprint density at radius 1 is 1.14 bits per heavy atom. The van der Waals surface area contributed by atoms with Gasteiger partial charge in [0.25, 0.3) is 5.69 Å². The molecule has 2 bridgehead atoms. The van der Waals surface area contributed by atoms with E-state index in [2.05, 4.69) is 15.9 Å². The second-order valence-corrected chi connectivity index (χ2v) is 6.76. The third-order valence-electron chi connectivity index (χ3n) is 4.85. The van der Waals surface area contributed by atoms with Crippen molar-refractivity contribution in [3.63, 3.8) is 0 Å². The highest BCUT2D eigenvalue weighted by Gasteiger charge is 2.59. The molecule has 6 nitrogen and oxygen atoms in total. The Bertz CT molecular complexity index is 730. The fraction of sp³-hybridized carbons (Fsp3) is 0.333. The molecule has 4 atom stereocenters. The lowest BCUT2D eigenvalue weighted by Crippen LogP contribution is -2.33. The monoisotopic (exact) mass is 362 g/mol. The number of imide groups is 1. The molecular formula is C15H11BrN2O4. The SMILES string of the molecule is O=C1C2C3C=CC(C3)C2C(=O)N1c1ccc([N+](=O)[O-])cc1Br. The Balaban J connectivity index is 1.74. The van der Waals surface area contributed by atoms with Gasteiger partial charge in [-0.3, -0.25) is 19.7 Å². The maximum absolute atomic E-state index is 12.7. The second-order valence-electron chi connectivity index (χ2n) is 5.90. The van der Waals surface area contributed by atoms with Crippen LogP contribution >= 0.6 is 15.9 Å². The first-order valence-electron chi connectivity index (χ1n) is 6.99. The van der Waals surface area contributed by atoms with E-state index in [1.54, 1.807) is 0 Å². The van der Waals surface area contributed by atoms with Crippen LogP contribution in [0.1, 0.15) is 6.42 Å². The van der Waals surface area contributed by atoms with Gasteiger partial charge in [0.1, 0.15) is 0 Å². The molecule has 0 N–H and O–H groups in total. The number of non-ortho nitro benzene ring substituents is 1. The molecule has 1 aliphatic heterocycles. The molecule has 1 aromatic carbocycles. The quantitative estimate of drug-likeness (QED) is 0.350. The van der Waals surface area contributed by atoms with Crippen LogP contribution in [0, 0.1) is 33.8 Å². The molecule has 4 rings (SSSR count). The van der Waals surface area contributed by atoms with Crippen molar-refractivity contribution in [3.8, 4) is 0 Å².